The van der Waals surface area contributed by atoms with Crippen molar-refractivity contribution >= 4 is 5.84 Å². The van der Waals surface area contributed by atoms with E-state index in [0.717, 1.165) is 0 Å². The van der Waals surface area contributed by atoms with E-state index in [1.807, 2.05) is 0 Å². The Morgan fingerprint density at radius 3 is 2.67 bits per heavy atom. The summed E-state index contributed by atoms with van der Waals surface area (Å²) in [4.78, 5) is 1.68. The van der Waals surface area contributed by atoms with Crippen LogP contribution in [0.3, 0.4) is 0 Å². The van der Waals surface area contributed by atoms with Crippen LogP contribution in [0.2, 0.25) is 0 Å². The van der Waals surface area contributed by atoms with Gasteiger partial charge in [-0.1, -0.05) is 6.58 Å². The topological polar surface area (TPSA) is 36.3 Å². The Morgan fingerprint density at radius 2 is 2.33 bits per heavy atom. The van der Waals surface area contributed by atoms with E-state index in [9.17, 15) is 0 Å². The fraction of sp³-hybridized carbons (Fsp3) is 0.500. The zero-order valence-corrected chi connectivity index (χ0v) is 5.85. The van der Waals surface area contributed by atoms with E-state index < -0.39 is 0 Å². The highest BCUT2D eigenvalue weighted by atomic mass is 16.5. The minimum Gasteiger partial charge on any atom is -0.494 e. The van der Waals surface area contributed by atoms with Gasteiger partial charge in [-0.2, -0.15) is 0 Å². The van der Waals surface area contributed by atoms with Crippen molar-refractivity contribution in [3.63, 3.8) is 0 Å². The first-order valence-electron chi connectivity index (χ1n) is 2.65. The van der Waals surface area contributed by atoms with Gasteiger partial charge in [-0.15, -0.1) is 0 Å². The second kappa shape index (κ2) is 3.95. The molecule has 0 atom stereocenters. The van der Waals surface area contributed by atoms with Crippen LogP contribution in [0.1, 0.15) is 0 Å². The Bertz CT molecular complexity index is 110. The van der Waals surface area contributed by atoms with Crippen molar-refractivity contribution in [2.45, 2.75) is 0 Å². The van der Waals surface area contributed by atoms with E-state index in [-0.39, 0.29) is 0 Å². The number of amidine groups is 1. The van der Waals surface area contributed by atoms with Crippen LogP contribution in [0.25, 0.3) is 0 Å². The van der Waals surface area contributed by atoms with E-state index in [1.54, 1.807) is 19.0 Å². The van der Waals surface area contributed by atoms with Gasteiger partial charge in [-0.25, -0.2) is 0 Å². The van der Waals surface area contributed by atoms with Gasteiger partial charge >= 0.3 is 0 Å². The maximum Gasteiger partial charge on any atom is 0.144 e. The fourth-order valence-corrected chi connectivity index (χ4v) is 0.267. The molecule has 9 heavy (non-hydrogen) atoms. The maximum absolute atomic E-state index is 7.20. The van der Waals surface area contributed by atoms with Crippen LogP contribution in [0.15, 0.2) is 12.8 Å². The molecular weight excluding hydrogens is 116 g/mol. The summed E-state index contributed by atoms with van der Waals surface area (Å²) in [7, 11) is 3.60. The number of nitrogens with one attached hydrogen (secondary N) is 1. The molecule has 0 aliphatic rings. The van der Waals surface area contributed by atoms with E-state index in [4.69, 9.17) is 10.1 Å². The van der Waals surface area contributed by atoms with E-state index >= 15 is 0 Å². The summed E-state index contributed by atoms with van der Waals surface area (Å²) in [5.41, 5.74) is 0. The average molecular weight is 128 g/mol. The van der Waals surface area contributed by atoms with Crippen LogP contribution in [-0.4, -0.2) is 31.4 Å². The molecule has 0 aliphatic heterocycles. The molecular formula is C6H12N2O. The molecule has 0 aromatic rings. The standard InChI is InChI=1S/C6H12N2O/c1-4-9-5-6(7)8(2)3/h4,7H,1,5H2,2-3H3. The molecule has 3 nitrogen and oxygen atoms in total. The van der Waals surface area contributed by atoms with E-state index in [0.29, 0.717) is 12.4 Å². The number of hydrogen-bond donors (Lipinski definition) is 1. The minimum absolute atomic E-state index is 0.302. The number of likely N-dealkylation sites (N-methyl/N-ethyl adjacent to an activating group) is 1. The minimum atomic E-state index is 0.302. The molecule has 0 saturated carbocycles. The van der Waals surface area contributed by atoms with Gasteiger partial charge in [0.25, 0.3) is 0 Å². The number of ether oxygens (including phenoxy) is 1. The molecule has 0 bridgehead atoms. The predicted molar refractivity (Wildman–Crippen MR) is 37.6 cm³/mol. The lowest BCUT2D eigenvalue weighted by Gasteiger charge is -2.11. The summed E-state index contributed by atoms with van der Waals surface area (Å²) in [5, 5.41) is 7.20. The Morgan fingerprint density at radius 1 is 1.78 bits per heavy atom. The molecule has 0 aromatic carbocycles. The average Bonchev–Trinajstić information content (AvgIpc) is 1.82. The first-order valence-corrected chi connectivity index (χ1v) is 2.65. The lowest BCUT2D eigenvalue weighted by molar-refractivity contribution is 0.290. The Labute approximate surface area is 55.4 Å². The highest BCUT2D eigenvalue weighted by molar-refractivity contribution is 5.79. The summed E-state index contributed by atoms with van der Waals surface area (Å²) >= 11 is 0. The Kier molecular flexibility index (Phi) is 3.51. The lowest BCUT2D eigenvalue weighted by atomic mass is 10.6. The van der Waals surface area contributed by atoms with Gasteiger partial charge in [0.15, 0.2) is 0 Å². The van der Waals surface area contributed by atoms with Crippen molar-refractivity contribution in [2.24, 2.45) is 0 Å². The summed E-state index contributed by atoms with van der Waals surface area (Å²) in [6.45, 7) is 3.66. The van der Waals surface area contributed by atoms with Crippen molar-refractivity contribution in [1.29, 1.82) is 5.41 Å². The maximum atomic E-state index is 7.20. The van der Waals surface area contributed by atoms with Gasteiger partial charge in [0, 0.05) is 14.1 Å². The fourth-order valence-electron chi connectivity index (χ4n) is 0.267. The van der Waals surface area contributed by atoms with E-state index in [2.05, 4.69) is 6.58 Å². The van der Waals surface area contributed by atoms with Crippen LogP contribution in [0.4, 0.5) is 0 Å². The molecule has 0 aromatic heterocycles. The van der Waals surface area contributed by atoms with Crippen molar-refractivity contribution in [3.05, 3.63) is 12.8 Å². The van der Waals surface area contributed by atoms with Gasteiger partial charge in [0.1, 0.15) is 12.4 Å². The summed E-state index contributed by atoms with van der Waals surface area (Å²) < 4.78 is 4.75. The molecule has 0 heterocycles. The number of nitrogens with zero attached hydrogens (tertiary/aromatic N) is 1. The third-order valence-corrected chi connectivity index (χ3v) is 0.878. The third kappa shape index (κ3) is 3.58. The molecule has 0 spiro atoms. The summed E-state index contributed by atoms with van der Waals surface area (Å²) in [6.07, 6.45) is 1.33. The van der Waals surface area contributed by atoms with Crippen LogP contribution in [0.5, 0.6) is 0 Å². The Hall–Kier alpha value is -0.990. The number of rotatable bonds is 3. The van der Waals surface area contributed by atoms with Crippen LogP contribution >= 0.6 is 0 Å². The van der Waals surface area contributed by atoms with Gasteiger partial charge < -0.3 is 9.64 Å². The van der Waals surface area contributed by atoms with Gasteiger partial charge in [0.05, 0.1) is 6.26 Å². The smallest absolute Gasteiger partial charge is 0.144 e. The first-order chi connectivity index (χ1) is 4.18. The third-order valence-electron chi connectivity index (χ3n) is 0.878. The van der Waals surface area contributed by atoms with Crippen LogP contribution < -0.4 is 0 Å². The van der Waals surface area contributed by atoms with Gasteiger partial charge in [-0.3, -0.25) is 5.41 Å². The zero-order chi connectivity index (χ0) is 7.28. The Balaban J connectivity index is 3.38. The van der Waals surface area contributed by atoms with Gasteiger partial charge in [0.2, 0.25) is 0 Å². The monoisotopic (exact) mass is 128 g/mol. The molecule has 3 heteroatoms. The molecule has 0 unspecified atom stereocenters. The lowest BCUT2D eigenvalue weighted by Crippen LogP contribution is -2.24. The van der Waals surface area contributed by atoms with Crippen molar-refractivity contribution in [1.82, 2.24) is 4.90 Å². The molecule has 1 N–H and O–H groups in total. The quantitative estimate of drug-likeness (QED) is 0.345. The largest absolute Gasteiger partial charge is 0.494 e. The highest BCUT2D eigenvalue weighted by Crippen LogP contribution is 1.81. The van der Waals surface area contributed by atoms with Crippen molar-refractivity contribution in [3.8, 4) is 0 Å². The van der Waals surface area contributed by atoms with Crippen LogP contribution in [-0.2, 0) is 4.74 Å². The van der Waals surface area contributed by atoms with Gasteiger partial charge in [-0.05, 0) is 0 Å². The summed E-state index contributed by atoms with van der Waals surface area (Å²) in [5.74, 6) is 0.440. The predicted octanol–water partition coefficient (Wildman–Crippen LogP) is 0.685. The molecule has 0 saturated heterocycles. The molecule has 0 rings (SSSR count). The van der Waals surface area contributed by atoms with E-state index in [1.165, 1.54) is 6.26 Å². The zero-order valence-electron chi connectivity index (χ0n) is 5.85. The molecule has 0 radical (unpaired) electrons. The first kappa shape index (κ1) is 8.01. The second-order valence-electron chi connectivity index (χ2n) is 1.82. The molecule has 0 amide bonds. The van der Waals surface area contributed by atoms with Crippen LogP contribution in [0, 0.1) is 5.41 Å². The molecule has 0 fully saturated rings. The van der Waals surface area contributed by atoms with Crippen molar-refractivity contribution in [2.75, 3.05) is 20.7 Å². The molecule has 52 valence electrons. The number of hydrogen-bond acceptors (Lipinski definition) is 2. The normalized spacial score (nSPS) is 8.22. The SMILES string of the molecule is C=COCC(=N)N(C)C. The highest BCUT2D eigenvalue weighted by Gasteiger charge is 1.95. The second-order valence-corrected chi connectivity index (χ2v) is 1.82. The van der Waals surface area contributed by atoms with Crippen molar-refractivity contribution < 1.29 is 4.74 Å². The molecule has 0 aliphatic carbocycles. The summed E-state index contributed by atoms with van der Waals surface area (Å²) in [6, 6.07) is 0.